The molecule has 3 aromatic rings. The molecule has 0 aliphatic heterocycles. The molecule has 0 saturated heterocycles. The lowest BCUT2D eigenvalue weighted by molar-refractivity contribution is 0.336. The second-order valence-electron chi connectivity index (χ2n) is 7.78. The predicted octanol–water partition coefficient (Wildman–Crippen LogP) is 5.11. The van der Waals surface area contributed by atoms with Gasteiger partial charge in [0, 0.05) is 34.3 Å². The summed E-state index contributed by atoms with van der Waals surface area (Å²) in [5.41, 5.74) is 4.22. The van der Waals surface area contributed by atoms with Crippen LogP contribution in [0.3, 0.4) is 0 Å². The normalized spacial score (nSPS) is 14.5. The summed E-state index contributed by atoms with van der Waals surface area (Å²) < 4.78 is 13.6. The summed E-state index contributed by atoms with van der Waals surface area (Å²) in [7, 11) is 1.70. The Kier molecular flexibility index (Phi) is 5.35. The monoisotopic (exact) mass is 394 g/mol. The van der Waals surface area contributed by atoms with E-state index in [1.54, 1.807) is 7.11 Å². The van der Waals surface area contributed by atoms with Gasteiger partial charge < -0.3 is 19.4 Å². The molecule has 2 aromatic heterocycles. The minimum atomic E-state index is 0.485. The Morgan fingerprint density at radius 1 is 1.07 bits per heavy atom. The van der Waals surface area contributed by atoms with Gasteiger partial charge in [-0.05, 0) is 52.7 Å². The first kappa shape index (κ1) is 19.6. The van der Waals surface area contributed by atoms with Gasteiger partial charge in [0.05, 0.1) is 25.1 Å². The van der Waals surface area contributed by atoms with Crippen molar-refractivity contribution in [2.45, 2.75) is 59.4 Å². The van der Waals surface area contributed by atoms with Gasteiger partial charge in [0.1, 0.15) is 11.5 Å². The summed E-state index contributed by atoms with van der Waals surface area (Å²) in [6.07, 6.45) is 4.95. The third-order valence-electron chi connectivity index (χ3n) is 5.94. The van der Waals surface area contributed by atoms with Crippen LogP contribution in [0.5, 0.6) is 11.5 Å². The van der Waals surface area contributed by atoms with Crippen molar-refractivity contribution in [3.63, 3.8) is 0 Å². The van der Waals surface area contributed by atoms with E-state index in [1.807, 2.05) is 26.0 Å². The fourth-order valence-corrected chi connectivity index (χ4v) is 4.62. The number of aromatic nitrogens is 3. The highest BCUT2D eigenvalue weighted by Gasteiger charge is 2.23. The van der Waals surface area contributed by atoms with Gasteiger partial charge in [-0.2, -0.15) is 5.10 Å². The van der Waals surface area contributed by atoms with Crippen molar-refractivity contribution in [1.82, 2.24) is 14.8 Å². The van der Waals surface area contributed by atoms with Gasteiger partial charge in [-0.3, -0.25) is 0 Å². The van der Waals surface area contributed by atoms with Gasteiger partial charge in [-0.15, -0.1) is 5.10 Å². The molecule has 29 heavy (non-hydrogen) atoms. The van der Waals surface area contributed by atoms with Crippen molar-refractivity contribution in [2.75, 3.05) is 19.0 Å². The van der Waals surface area contributed by atoms with E-state index >= 15 is 0 Å². The number of nitrogens with one attached hydrogen (secondary N) is 1. The largest absolute Gasteiger partial charge is 0.494 e. The highest BCUT2D eigenvalue weighted by atomic mass is 16.5. The third-order valence-corrected chi connectivity index (χ3v) is 5.94. The Labute approximate surface area is 172 Å². The molecule has 0 unspecified atom stereocenters. The minimum Gasteiger partial charge on any atom is -0.494 e. The minimum absolute atomic E-state index is 0.485. The van der Waals surface area contributed by atoms with Crippen molar-refractivity contribution < 1.29 is 9.47 Å². The summed E-state index contributed by atoms with van der Waals surface area (Å²) >= 11 is 0. The fraction of sp³-hybridized carbons (Fsp3) is 0.478. The van der Waals surface area contributed by atoms with Crippen LogP contribution in [0.4, 0.5) is 5.82 Å². The lowest BCUT2D eigenvalue weighted by Crippen LogP contribution is -2.16. The predicted molar refractivity (Wildman–Crippen MR) is 117 cm³/mol. The van der Waals surface area contributed by atoms with E-state index in [1.165, 1.54) is 25.7 Å². The first-order valence-corrected chi connectivity index (χ1v) is 10.5. The molecule has 4 rings (SSSR count). The van der Waals surface area contributed by atoms with E-state index in [0.29, 0.717) is 12.6 Å². The van der Waals surface area contributed by atoms with Gasteiger partial charge >= 0.3 is 0 Å². The number of hydrogen-bond acceptors (Lipinski definition) is 5. The molecule has 154 valence electrons. The molecule has 1 fully saturated rings. The molecule has 6 nitrogen and oxygen atoms in total. The van der Waals surface area contributed by atoms with Crippen molar-refractivity contribution in [3.05, 3.63) is 35.3 Å². The zero-order chi connectivity index (χ0) is 20.5. The second kappa shape index (κ2) is 7.93. The zero-order valence-electron chi connectivity index (χ0n) is 18.0. The molecule has 0 radical (unpaired) electrons. The van der Waals surface area contributed by atoms with Crippen LogP contribution in [0.25, 0.3) is 16.5 Å². The maximum Gasteiger partial charge on any atom is 0.158 e. The van der Waals surface area contributed by atoms with Crippen LogP contribution in [0.2, 0.25) is 0 Å². The van der Waals surface area contributed by atoms with Gasteiger partial charge in [-0.25, -0.2) is 0 Å². The Morgan fingerprint density at radius 3 is 2.48 bits per heavy atom. The average Bonchev–Trinajstić information content (AvgIpc) is 3.31. The molecule has 1 saturated carbocycles. The maximum absolute atomic E-state index is 5.71. The molecular weight excluding hydrogens is 364 g/mol. The Balaban J connectivity index is 1.89. The summed E-state index contributed by atoms with van der Waals surface area (Å²) in [6, 6.07) is 6.48. The molecule has 0 bridgehead atoms. The van der Waals surface area contributed by atoms with Gasteiger partial charge in [-0.1, -0.05) is 12.8 Å². The molecule has 1 aliphatic carbocycles. The van der Waals surface area contributed by atoms with E-state index in [4.69, 9.17) is 9.47 Å². The first-order chi connectivity index (χ1) is 14.0. The van der Waals surface area contributed by atoms with Gasteiger partial charge in [0.2, 0.25) is 0 Å². The van der Waals surface area contributed by atoms with Crippen molar-refractivity contribution in [3.8, 4) is 17.2 Å². The second-order valence-corrected chi connectivity index (χ2v) is 7.78. The number of aryl methyl sites for hydroxylation is 3. The van der Waals surface area contributed by atoms with E-state index < -0.39 is 0 Å². The smallest absolute Gasteiger partial charge is 0.158 e. The summed E-state index contributed by atoms with van der Waals surface area (Å²) in [5.74, 6) is 2.48. The van der Waals surface area contributed by atoms with Crippen LogP contribution in [0.15, 0.2) is 18.2 Å². The summed E-state index contributed by atoms with van der Waals surface area (Å²) in [5, 5.41) is 15.0. The molecule has 0 atom stereocenters. The van der Waals surface area contributed by atoms with Gasteiger partial charge in [0.25, 0.3) is 0 Å². The number of fused-ring (bicyclic) bond motifs is 1. The topological polar surface area (TPSA) is 61.2 Å². The zero-order valence-corrected chi connectivity index (χ0v) is 18.0. The Morgan fingerprint density at radius 2 is 1.79 bits per heavy atom. The average molecular weight is 395 g/mol. The Hall–Kier alpha value is -2.76. The van der Waals surface area contributed by atoms with E-state index in [0.717, 1.165) is 50.9 Å². The molecule has 1 N–H and O–H groups in total. The Bertz CT molecular complexity index is 1040. The van der Waals surface area contributed by atoms with Crippen LogP contribution in [-0.4, -0.2) is 34.5 Å². The van der Waals surface area contributed by atoms with Crippen molar-refractivity contribution >= 4 is 16.6 Å². The standard InChI is InChI=1S/C23H30N4O2/c1-6-29-18-11-12-19(20(13-18)28-5)27-15(3)21-14(2)25-26-23(22(21)16(27)4)24-17-9-7-8-10-17/h11-13,17H,6-10H2,1-5H3,(H,24,26). The fourth-order valence-electron chi connectivity index (χ4n) is 4.62. The number of hydrogen-bond donors (Lipinski definition) is 1. The number of anilines is 1. The first-order valence-electron chi connectivity index (χ1n) is 10.5. The molecular formula is C23H30N4O2. The molecule has 1 aliphatic rings. The molecule has 1 aromatic carbocycles. The van der Waals surface area contributed by atoms with Crippen LogP contribution >= 0.6 is 0 Å². The number of methoxy groups -OCH3 is 1. The molecule has 0 spiro atoms. The summed E-state index contributed by atoms with van der Waals surface area (Å²) in [6.45, 7) is 8.92. The highest BCUT2D eigenvalue weighted by Crippen LogP contribution is 2.38. The quantitative estimate of drug-likeness (QED) is 0.630. The number of rotatable bonds is 6. The van der Waals surface area contributed by atoms with E-state index in [9.17, 15) is 0 Å². The third kappa shape index (κ3) is 3.41. The maximum atomic E-state index is 5.71. The SMILES string of the molecule is CCOc1ccc(-n2c(C)c3c(C)nnc(NC4CCCC4)c3c2C)c(OC)c1. The number of ether oxygens (including phenoxy) is 2. The van der Waals surface area contributed by atoms with E-state index in [-0.39, 0.29) is 0 Å². The highest BCUT2D eigenvalue weighted by molar-refractivity contribution is 5.98. The summed E-state index contributed by atoms with van der Waals surface area (Å²) in [4.78, 5) is 0. The van der Waals surface area contributed by atoms with E-state index in [2.05, 4.69) is 40.0 Å². The molecule has 2 heterocycles. The lowest BCUT2D eigenvalue weighted by Gasteiger charge is -2.16. The van der Waals surface area contributed by atoms with Crippen molar-refractivity contribution in [2.24, 2.45) is 0 Å². The van der Waals surface area contributed by atoms with Crippen molar-refractivity contribution in [1.29, 1.82) is 0 Å². The van der Waals surface area contributed by atoms with Crippen LogP contribution in [-0.2, 0) is 0 Å². The van der Waals surface area contributed by atoms with Crippen LogP contribution in [0.1, 0.15) is 49.7 Å². The molecule has 6 heteroatoms. The lowest BCUT2D eigenvalue weighted by atomic mass is 10.1. The van der Waals surface area contributed by atoms with Gasteiger partial charge in [0.15, 0.2) is 5.82 Å². The van der Waals surface area contributed by atoms with Crippen LogP contribution in [0, 0.1) is 20.8 Å². The number of benzene rings is 1. The molecule has 0 amide bonds. The number of nitrogens with zero attached hydrogens (tertiary/aromatic N) is 3. The van der Waals surface area contributed by atoms with Crippen LogP contribution < -0.4 is 14.8 Å².